The number of ether oxygens (including phenoxy) is 2. The van der Waals surface area contributed by atoms with Gasteiger partial charge in [0.15, 0.2) is 0 Å². The third-order valence-corrected chi connectivity index (χ3v) is 3.18. The molecule has 6 heteroatoms. The zero-order valence-electron chi connectivity index (χ0n) is 14.6. The van der Waals surface area contributed by atoms with E-state index in [0.29, 0.717) is 12.8 Å². The van der Waals surface area contributed by atoms with Crippen LogP contribution in [0.5, 0.6) is 0 Å². The van der Waals surface area contributed by atoms with Gasteiger partial charge in [0.2, 0.25) is 0 Å². The van der Waals surface area contributed by atoms with Crippen molar-refractivity contribution in [3.63, 3.8) is 0 Å². The van der Waals surface area contributed by atoms with E-state index < -0.39 is 23.2 Å². The van der Waals surface area contributed by atoms with Crippen molar-refractivity contribution in [2.24, 2.45) is 5.73 Å². The number of nitrogens with one attached hydrogen (secondary N) is 1. The summed E-state index contributed by atoms with van der Waals surface area (Å²) in [4.78, 5) is 23.9. The standard InChI is InChI=1S/C16H30N2O4/c1-15(2,3)21-13(19)11(17)9-10-7-8-12(18-10)14(20)22-16(4,5)6/h10-12,18H,7-9,17H2,1-6H3/t10-,11+,12+/m1/s1. The molecule has 0 aliphatic carbocycles. The van der Waals surface area contributed by atoms with Crippen LogP contribution in [0.25, 0.3) is 0 Å². The Morgan fingerprint density at radius 1 is 1.09 bits per heavy atom. The second-order valence-electron chi connectivity index (χ2n) is 7.90. The number of hydrogen-bond acceptors (Lipinski definition) is 6. The first-order valence-electron chi connectivity index (χ1n) is 7.85. The highest BCUT2D eigenvalue weighted by molar-refractivity contribution is 5.77. The largest absolute Gasteiger partial charge is 0.459 e. The third-order valence-electron chi connectivity index (χ3n) is 3.18. The quantitative estimate of drug-likeness (QED) is 0.764. The highest BCUT2D eigenvalue weighted by Crippen LogP contribution is 2.20. The summed E-state index contributed by atoms with van der Waals surface area (Å²) in [5.74, 6) is -0.657. The fraction of sp³-hybridized carbons (Fsp3) is 0.875. The SMILES string of the molecule is CC(C)(C)OC(=O)[C@@H]1CC[C@H](C[C@H](N)C(=O)OC(C)(C)C)N1. The Morgan fingerprint density at radius 2 is 1.64 bits per heavy atom. The summed E-state index contributed by atoms with van der Waals surface area (Å²) in [5.41, 5.74) is 4.86. The first-order chi connectivity index (χ1) is 9.87. The molecule has 6 nitrogen and oxygen atoms in total. The van der Waals surface area contributed by atoms with Crippen molar-refractivity contribution in [1.29, 1.82) is 0 Å². The minimum Gasteiger partial charge on any atom is -0.459 e. The molecule has 0 aromatic heterocycles. The molecular formula is C16H30N2O4. The van der Waals surface area contributed by atoms with Crippen molar-refractivity contribution in [1.82, 2.24) is 5.32 Å². The van der Waals surface area contributed by atoms with Gasteiger partial charge in [0.25, 0.3) is 0 Å². The summed E-state index contributed by atoms with van der Waals surface area (Å²) in [6, 6.07) is -0.982. The van der Waals surface area contributed by atoms with Crippen LogP contribution >= 0.6 is 0 Å². The normalized spacial score (nSPS) is 24.0. The Balaban J connectivity index is 2.44. The van der Waals surface area contributed by atoms with Crippen LogP contribution in [0.4, 0.5) is 0 Å². The Hall–Kier alpha value is -1.14. The molecule has 0 aromatic rings. The van der Waals surface area contributed by atoms with E-state index in [4.69, 9.17) is 15.2 Å². The monoisotopic (exact) mass is 314 g/mol. The number of nitrogens with two attached hydrogens (primary N) is 1. The van der Waals surface area contributed by atoms with Crippen LogP contribution < -0.4 is 11.1 Å². The van der Waals surface area contributed by atoms with Crippen LogP contribution in [0.15, 0.2) is 0 Å². The molecule has 0 unspecified atom stereocenters. The van der Waals surface area contributed by atoms with Gasteiger partial charge in [-0.25, -0.2) is 0 Å². The van der Waals surface area contributed by atoms with E-state index in [9.17, 15) is 9.59 Å². The van der Waals surface area contributed by atoms with E-state index in [-0.39, 0.29) is 18.1 Å². The van der Waals surface area contributed by atoms with Gasteiger partial charge in [-0.05, 0) is 60.8 Å². The summed E-state index contributed by atoms with van der Waals surface area (Å²) < 4.78 is 10.6. The Morgan fingerprint density at radius 3 is 2.14 bits per heavy atom. The number of carbonyl (C=O) groups is 2. The van der Waals surface area contributed by atoms with Crippen LogP contribution in [0, 0.1) is 0 Å². The Kier molecular flexibility index (Phi) is 5.98. The highest BCUT2D eigenvalue weighted by Gasteiger charge is 2.34. The van der Waals surface area contributed by atoms with Gasteiger partial charge < -0.3 is 20.5 Å². The number of rotatable bonds is 4. The molecule has 1 rings (SSSR count). The Bertz CT molecular complexity index is 409. The van der Waals surface area contributed by atoms with Gasteiger partial charge in [0, 0.05) is 6.04 Å². The van der Waals surface area contributed by atoms with Crippen molar-refractivity contribution in [3.05, 3.63) is 0 Å². The topological polar surface area (TPSA) is 90.7 Å². The first kappa shape index (κ1) is 18.9. The lowest BCUT2D eigenvalue weighted by atomic mass is 10.1. The molecule has 0 saturated carbocycles. The zero-order valence-corrected chi connectivity index (χ0v) is 14.6. The maximum atomic E-state index is 12.0. The van der Waals surface area contributed by atoms with Crippen LogP contribution in [-0.4, -0.2) is 41.3 Å². The number of hydrogen-bond donors (Lipinski definition) is 2. The van der Waals surface area contributed by atoms with E-state index in [0.717, 1.165) is 6.42 Å². The number of carbonyl (C=O) groups excluding carboxylic acids is 2. The number of esters is 2. The predicted octanol–water partition coefficient (Wildman–Crippen LogP) is 1.51. The average Bonchev–Trinajstić information content (AvgIpc) is 2.72. The molecule has 3 N–H and O–H groups in total. The van der Waals surface area contributed by atoms with Crippen molar-refractivity contribution in [2.75, 3.05) is 0 Å². The summed E-state index contributed by atoms with van der Waals surface area (Å²) in [6.07, 6.45) is 1.94. The lowest BCUT2D eigenvalue weighted by molar-refractivity contribution is -0.157. The highest BCUT2D eigenvalue weighted by atomic mass is 16.6. The molecule has 128 valence electrons. The van der Waals surface area contributed by atoms with Gasteiger partial charge in [-0.1, -0.05) is 0 Å². The summed E-state index contributed by atoms with van der Waals surface area (Å²) >= 11 is 0. The molecule has 1 aliphatic rings. The fourth-order valence-corrected chi connectivity index (χ4v) is 2.34. The van der Waals surface area contributed by atoms with Crippen molar-refractivity contribution in [3.8, 4) is 0 Å². The molecule has 1 fully saturated rings. The molecule has 1 saturated heterocycles. The van der Waals surface area contributed by atoms with Crippen molar-refractivity contribution >= 4 is 11.9 Å². The summed E-state index contributed by atoms with van der Waals surface area (Å²) in [6.45, 7) is 11.0. The first-order valence-corrected chi connectivity index (χ1v) is 7.85. The third kappa shape index (κ3) is 6.75. The molecular weight excluding hydrogens is 284 g/mol. The lowest BCUT2D eigenvalue weighted by Crippen LogP contribution is -2.44. The second kappa shape index (κ2) is 6.96. The predicted molar refractivity (Wildman–Crippen MR) is 84.2 cm³/mol. The molecule has 1 heterocycles. The summed E-state index contributed by atoms with van der Waals surface area (Å²) in [5, 5.41) is 3.20. The second-order valence-corrected chi connectivity index (χ2v) is 7.90. The van der Waals surface area contributed by atoms with E-state index in [1.54, 1.807) is 0 Å². The van der Waals surface area contributed by atoms with E-state index in [2.05, 4.69) is 5.32 Å². The van der Waals surface area contributed by atoms with Crippen LogP contribution in [0.3, 0.4) is 0 Å². The molecule has 0 radical (unpaired) electrons. The van der Waals surface area contributed by atoms with E-state index >= 15 is 0 Å². The van der Waals surface area contributed by atoms with Gasteiger partial charge in [0.05, 0.1) is 0 Å². The Labute approximate surface area is 133 Å². The van der Waals surface area contributed by atoms with Gasteiger partial charge in [-0.3, -0.25) is 9.59 Å². The minimum atomic E-state index is -0.686. The van der Waals surface area contributed by atoms with Crippen LogP contribution in [0.2, 0.25) is 0 Å². The van der Waals surface area contributed by atoms with Gasteiger partial charge in [-0.2, -0.15) is 0 Å². The van der Waals surface area contributed by atoms with Crippen LogP contribution in [-0.2, 0) is 19.1 Å². The zero-order chi connectivity index (χ0) is 17.1. The smallest absolute Gasteiger partial charge is 0.323 e. The minimum absolute atomic E-state index is 0.0278. The lowest BCUT2D eigenvalue weighted by Gasteiger charge is -2.24. The molecule has 3 atom stereocenters. The maximum absolute atomic E-state index is 12.0. The van der Waals surface area contributed by atoms with Gasteiger partial charge in [-0.15, -0.1) is 0 Å². The average molecular weight is 314 g/mol. The maximum Gasteiger partial charge on any atom is 0.323 e. The molecule has 0 aromatic carbocycles. The van der Waals surface area contributed by atoms with E-state index in [1.807, 2.05) is 41.5 Å². The van der Waals surface area contributed by atoms with Crippen molar-refractivity contribution < 1.29 is 19.1 Å². The van der Waals surface area contributed by atoms with Crippen molar-refractivity contribution in [2.45, 2.75) is 90.1 Å². The molecule has 0 spiro atoms. The molecule has 0 bridgehead atoms. The van der Waals surface area contributed by atoms with Gasteiger partial charge in [0.1, 0.15) is 23.3 Å². The molecule has 22 heavy (non-hydrogen) atoms. The van der Waals surface area contributed by atoms with Crippen LogP contribution in [0.1, 0.15) is 60.8 Å². The molecule has 1 aliphatic heterocycles. The van der Waals surface area contributed by atoms with Gasteiger partial charge >= 0.3 is 11.9 Å². The summed E-state index contributed by atoms with van der Waals surface area (Å²) in [7, 11) is 0. The molecule has 0 amide bonds. The van der Waals surface area contributed by atoms with E-state index in [1.165, 1.54) is 0 Å². The fourth-order valence-electron chi connectivity index (χ4n) is 2.34.